The van der Waals surface area contributed by atoms with Gasteiger partial charge >= 0.3 is 5.97 Å². The zero-order valence-corrected chi connectivity index (χ0v) is 12.6. The number of nitrogens with zero attached hydrogens (tertiary/aromatic N) is 1. The van der Waals surface area contributed by atoms with Crippen molar-refractivity contribution >= 4 is 33.3 Å². The number of nitro groups is 1. The molecule has 1 aromatic rings. The first-order valence-corrected chi connectivity index (χ1v) is 7.15. The summed E-state index contributed by atoms with van der Waals surface area (Å²) < 4.78 is 5.18. The third kappa shape index (κ3) is 3.09. The van der Waals surface area contributed by atoms with E-state index in [1.165, 1.54) is 19.2 Å². The molecule has 1 N–H and O–H groups in total. The summed E-state index contributed by atoms with van der Waals surface area (Å²) >= 11 is 3.19. The summed E-state index contributed by atoms with van der Waals surface area (Å²) in [7, 11) is 1.26. The second kappa shape index (κ2) is 6.21. The lowest BCUT2D eigenvalue weighted by Gasteiger charge is -2.16. The van der Waals surface area contributed by atoms with Gasteiger partial charge in [-0.05, 0) is 18.9 Å². The van der Waals surface area contributed by atoms with Crippen molar-refractivity contribution in [3.05, 3.63) is 32.3 Å². The van der Waals surface area contributed by atoms with Gasteiger partial charge in [0.1, 0.15) is 5.69 Å². The molecule has 7 heteroatoms. The van der Waals surface area contributed by atoms with Crippen molar-refractivity contribution in [1.82, 2.24) is 0 Å². The van der Waals surface area contributed by atoms with E-state index < -0.39 is 10.9 Å². The molecule has 0 saturated heterocycles. The largest absolute Gasteiger partial charge is 0.465 e. The van der Waals surface area contributed by atoms with Gasteiger partial charge in [0.25, 0.3) is 5.69 Å². The van der Waals surface area contributed by atoms with Gasteiger partial charge in [0, 0.05) is 16.6 Å². The third-order valence-electron chi connectivity index (χ3n) is 3.39. The molecular weight excluding hydrogens is 328 g/mol. The van der Waals surface area contributed by atoms with E-state index in [4.69, 9.17) is 4.74 Å². The monoisotopic (exact) mass is 342 g/mol. The predicted octanol–water partition coefficient (Wildman–Crippen LogP) is 3.50. The Morgan fingerprint density at radius 1 is 1.45 bits per heavy atom. The maximum atomic E-state index is 11.8. The molecule has 108 valence electrons. The van der Waals surface area contributed by atoms with Gasteiger partial charge in [0.15, 0.2) is 0 Å². The number of benzene rings is 1. The lowest BCUT2D eigenvalue weighted by molar-refractivity contribution is -0.384. The Balaban J connectivity index is 2.47. The first kappa shape index (κ1) is 14.8. The molecule has 1 saturated carbocycles. The Labute approximate surface area is 124 Å². The summed E-state index contributed by atoms with van der Waals surface area (Å²) in [5, 5.41) is 14.3. The van der Waals surface area contributed by atoms with Crippen LogP contribution in [0.3, 0.4) is 0 Å². The van der Waals surface area contributed by atoms with Crippen LogP contribution in [0.15, 0.2) is 16.6 Å². The van der Waals surface area contributed by atoms with Crippen LogP contribution in [-0.2, 0) is 4.74 Å². The van der Waals surface area contributed by atoms with Crippen molar-refractivity contribution in [2.45, 2.75) is 31.7 Å². The SMILES string of the molecule is COC(=O)c1cc(Br)cc([N+](=O)[O-])c1NC1CCCC1. The quantitative estimate of drug-likeness (QED) is 0.514. The molecule has 1 fully saturated rings. The smallest absolute Gasteiger partial charge is 0.340 e. The number of nitrogens with one attached hydrogen (secondary N) is 1. The van der Waals surface area contributed by atoms with Crippen molar-refractivity contribution in [2.75, 3.05) is 12.4 Å². The Morgan fingerprint density at radius 3 is 2.65 bits per heavy atom. The maximum absolute atomic E-state index is 11.8. The van der Waals surface area contributed by atoms with Crippen molar-refractivity contribution in [1.29, 1.82) is 0 Å². The van der Waals surface area contributed by atoms with E-state index in [2.05, 4.69) is 21.2 Å². The van der Waals surface area contributed by atoms with Crippen molar-refractivity contribution in [2.24, 2.45) is 0 Å². The van der Waals surface area contributed by atoms with E-state index in [0.717, 1.165) is 25.7 Å². The van der Waals surface area contributed by atoms with E-state index in [1.807, 2.05) is 0 Å². The number of esters is 1. The van der Waals surface area contributed by atoms with E-state index in [1.54, 1.807) is 0 Å². The lowest BCUT2D eigenvalue weighted by atomic mass is 10.1. The molecule has 1 aliphatic rings. The van der Waals surface area contributed by atoms with Crippen LogP contribution in [0.25, 0.3) is 0 Å². The molecule has 1 aromatic carbocycles. The van der Waals surface area contributed by atoms with Gasteiger partial charge < -0.3 is 10.1 Å². The molecule has 0 amide bonds. The van der Waals surface area contributed by atoms with Gasteiger partial charge in [-0.15, -0.1) is 0 Å². The van der Waals surface area contributed by atoms with Gasteiger partial charge in [-0.25, -0.2) is 4.79 Å². The first-order valence-electron chi connectivity index (χ1n) is 6.35. The molecule has 0 aliphatic heterocycles. The van der Waals surface area contributed by atoms with E-state index >= 15 is 0 Å². The molecule has 1 aliphatic carbocycles. The molecule has 0 heterocycles. The number of rotatable bonds is 4. The van der Waals surface area contributed by atoms with Gasteiger partial charge in [-0.1, -0.05) is 28.8 Å². The van der Waals surface area contributed by atoms with Crippen molar-refractivity contribution < 1.29 is 14.5 Å². The molecule has 0 radical (unpaired) electrons. The summed E-state index contributed by atoms with van der Waals surface area (Å²) in [4.78, 5) is 22.5. The molecule has 0 aromatic heterocycles. The lowest BCUT2D eigenvalue weighted by Crippen LogP contribution is -2.19. The van der Waals surface area contributed by atoms with E-state index in [0.29, 0.717) is 4.47 Å². The highest BCUT2D eigenvalue weighted by Crippen LogP contribution is 2.35. The van der Waals surface area contributed by atoms with Gasteiger partial charge in [-0.3, -0.25) is 10.1 Å². The van der Waals surface area contributed by atoms with E-state index in [-0.39, 0.29) is 23.0 Å². The van der Waals surface area contributed by atoms with Crippen LogP contribution in [0.1, 0.15) is 36.0 Å². The fourth-order valence-corrected chi connectivity index (χ4v) is 2.88. The van der Waals surface area contributed by atoms with Crippen LogP contribution in [0.2, 0.25) is 0 Å². The summed E-state index contributed by atoms with van der Waals surface area (Å²) in [5.41, 5.74) is 0.309. The minimum atomic E-state index is -0.588. The molecular formula is C13H15BrN2O4. The number of carbonyl (C=O) groups excluding carboxylic acids is 1. The average molecular weight is 343 g/mol. The van der Waals surface area contributed by atoms with Crippen LogP contribution in [0, 0.1) is 10.1 Å². The highest BCUT2D eigenvalue weighted by molar-refractivity contribution is 9.10. The number of halogens is 1. The number of hydrogen-bond acceptors (Lipinski definition) is 5. The van der Waals surface area contributed by atoms with Crippen LogP contribution in [-0.4, -0.2) is 24.0 Å². The third-order valence-corrected chi connectivity index (χ3v) is 3.85. The fourth-order valence-electron chi connectivity index (χ4n) is 2.43. The minimum absolute atomic E-state index is 0.119. The summed E-state index contributed by atoms with van der Waals surface area (Å²) in [6.45, 7) is 0. The Hall–Kier alpha value is -1.63. The highest BCUT2D eigenvalue weighted by Gasteiger charge is 2.26. The normalized spacial score (nSPS) is 15.1. The van der Waals surface area contributed by atoms with Gasteiger partial charge in [0.2, 0.25) is 0 Å². The molecule has 0 unspecified atom stereocenters. The average Bonchev–Trinajstić information content (AvgIpc) is 2.92. The van der Waals surface area contributed by atoms with Gasteiger partial charge in [-0.2, -0.15) is 0 Å². The number of nitro benzene ring substituents is 1. The fraction of sp³-hybridized carbons (Fsp3) is 0.462. The topological polar surface area (TPSA) is 81.5 Å². The Morgan fingerprint density at radius 2 is 2.10 bits per heavy atom. The zero-order valence-electron chi connectivity index (χ0n) is 11.0. The molecule has 0 spiro atoms. The maximum Gasteiger partial charge on any atom is 0.340 e. The number of anilines is 1. The number of carbonyl (C=O) groups is 1. The van der Waals surface area contributed by atoms with Crippen LogP contribution >= 0.6 is 15.9 Å². The van der Waals surface area contributed by atoms with Crippen molar-refractivity contribution in [3.63, 3.8) is 0 Å². The van der Waals surface area contributed by atoms with Crippen LogP contribution in [0.4, 0.5) is 11.4 Å². The van der Waals surface area contributed by atoms with Crippen molar-refractivity contribution in [3.8, 4) is 0 Å². The summed E-state index contributed by atoms with van der Waals surface area (Å²) in [5.74, 6) is -0.588. The molecule has 0 atom stereocenters. The van der Waals surface area contributed by atoms with Gasteiger partial charge in [0.05, 0.1) is 17.6 Å². The molecule has 20 heavy (non-hydrogen) atoms. The zero-order chi connectivity index (χ0) is 14.7. The summed E-state index contributed by atoms with van der Waals surface area (Å²) in [6, 6.07) is 3.10. The number of methoxy groups -OCH3 is 1. The minimum Gasteiger partial charge on any atom is -0.465 e. The molecule has 2 rings (SSSR count). The second-order valence-electron chi connectivity index (χ2n) is 4.72. The second-order valence-corrected chi connectivity index (χ2v) is 5.64. The standard InChI is InChI=1S/C13H15BrN2O4/c1-20-13(17)10-6-8(14)7-11(16(18)19)12(10)15-9-4-2-3-5-9/h6-7,9,15H,2-5H2,1H3. The summed E-state index contributed by atoms with van der Waals surface area (Å²) in [6.07, 6.45) is 4.09. The van der Waals surface area contributed by atoms with E-state index in [9.17, 15) is 14.9 Å². The Kier molecular flexibility index (Phi) is 4.59. The molecule has 6 nitrogen and oxygen atoms in total. The van der Waals surface area contributed by atoms with Crippen LogP contribution in [0.5, 0.6) is 0 Å². The Bertz CT molecular complexity index is 541. The number of hydrogen-bond donors (Lipinski definition) is 1. The predicted molar refractivity (Wildman–Crippen MR) is 78.0 cm³/mol. The molecule has 0 bridgehead atoms. The highest BCUT2D eigenvalue weighted by atomic mass is 79.9. The first-order chi connectivity index (χ1) is 9.52. The van der Waals surface area contributed by atoms with Crippen LogP contribution < -0.4 is 5.32 Å². The number of ether oxygens (including phenoxy) is 1.